The van der Waals surface area contributed by atoms with E-state index in [1.54, 1.807) is 0 Å². The second-order valence-electron chi connectivity index (χ2n) is 9.12. The number of hydrogen-bond acceptors (Lipinski definition) is 10. The van der Waals surface area contributed by atoms with Crippen molar-refractivity contribution < 1.29 is 33.7 Å². The van der Waals surface area contributed by atoms with Crippen molar-refractivity contribution in [2.45, 2.75) is 37.0 Å². The third-order valence-corrected chi connectivity index (χ3v) is 6.71. The van der Waals surface area contributed by atoms with Gasteiger partial charge in [-0.25, -0.2) is 9.59 Å². The minimum absolute atomic E-state index is 0.0646. The summed E-state index contributed by atoms with van der Waals surface area (Å²) < 4.78 is 10.5. The van der Waals surface area contributed by atoms with Crippen molar-refractivity contribution >= 4 is 42.1 Å². The topological polar surface area (TPSA) is 174 Å². The summed E-state index contributed by atoms with van der Waals surface area (Å²) in [5, 5.41) is 23.9. The van der Waals surface area contributed by atoms with Gasteiger partial charge in [0.15, 0.2) is 0 Å². The number of likely N-dealkylation sites (tertiary alicyclic amines) is 2. The molecule has 15 heteroatoms. The Morgan fingerprint density at radius 3 is 1.90 bits per heavy atom. The molecule has 1 N–H and O–H groups in total. The molecule has 4 rings (SSSR count). The van der Waals surface area contributed by atoms with Crippen molar-refractivity contribution in [3.05, 3.63) is 79.9 Å². The lowest BCUT2D eigenvalue weighted by Gasteiger charge is -2.41. The molecule has 0 aliphatic carbocycles. The van der Waals surface area contributed by atoms with E-state index in [1.165, 1.54) is 58.3 Å². The van der Waals surface area contributed by atoms with E-state index in [-0.39, 0.29) is 61.4 Å². The maximum atomic E-state index is 13.1. The van der Waals surface area contributed by atoms with Gasteiger partial charge in [0.05, 0.1) is 15.9 Å². The Hall–Kier alpha value is -4.40. The van der Waals surface area contributed by atoms with Gasteiger partial charge in [0.25, 0.3) is 11.4 Å². The molecule has 2 fully saturated rings. The Bertz CT molecular complexity index is 1250. The lowest BCUT2D eigenvalue weighted by atomic mass is 10.1. The van der Waals surface area contributed by atoms with Gasteiger partial charge in [-0.1, -0.05) is 0 Å². The summed E-state index contributed by atoms with van der Waals surface area (Å²) in [6, 6.07) is 10.2. The predicted octanol–water partition coefficient (Wildman–Crippen LogP) is 2.65. The zero-order chi connectivity index (χ0) is 28.1. The number of rotatable bonds is 8. The van der Waals surface area contributed by atoms with Crippen LogP contribution in [0.3, 0.4) is 0 Å². The van der Waals surface area contributed by atoms with E-state index in [0.717, 1.165) is 0 Å². The third kappa shape index (κ3) is 6.93. The summed E-state index contributed by atoms with van der Waals surface area (Å²) >= 11 is 4.43. The predicted molar refractivity (Wildman–Crippen MR) is 138 cm³/mol. The maximum Gasteiger partial charge on any atom is 0.410 e. The van der Waals surface area contributed by atoms with Gasteiger partial charge >= 0.3 is 12.2 Å². The Morgan fingerprint density at radius 1 is 0.872 bits per heavy atom. The van der Waals surface area contributed by atoms with Crippen LogP contribution in [0.5, 0.6) is 0 Å². The molecule has 0 radical (unpaired) electrons. The standard InChI is InChI=1S/C24H25N5O9S/c30-22(26-10-17(11-26)25-23(31)37-13-15-1-5-18(6-2-15)28(33)34)21-9-20(39)12-27(21)24(32)38-14-16-3-7-19(8-4-16)29(35)36/h1-8,17,20-21,39H,9-14H2,(H,25,31)/t20-,21-/m0/s1. The zero-order valence-electron chi connectivity index (χ0n) is 20.5. The molecule has 0 spiro atoms. The van der Waals surface area contributed by atoms with Crippen LogP contribution in [0.25, 0.3) is 0 Å². The Balaban J connectivity index is 1.21. The van der Waals surface area contributed by atoms with E-state index < -0.39 is 28.1 Å². The molecular formula is C24H25N5O9S. The van der Waals surface area contributed by atoms with Crippen LogP contribution in [0.4, 0.5) is 21.0 Å². The van der Waals surface area contributed by atoms with E-state index in [4.69, 9.17) is 9.47 Å². The van der Waals surface area contributed by atoms with Crippen molar-refractivity contribution in [3.8, 4) is 0 Å². The number of carbonyl (C=O) groups is 3. The van der Waals surface area contributed by atoms with E-state index in [1.807, 2.05) is 0 Å². The Morgan fingerprint density at radius 2 is 1.38 bits per heavy atom. The molecule has 0 aromatic heterocycles. The molecule has 39 heavy (non-hydrogen) atoms. The summed E-state index contributed by atoms with van der Waals surface area (Å²) in [5.41, 5.74) is 1.01. The number of alkyl carbamates (subject to hydrolysis) is 1. The largest absolute Gasteiger partial charge is 0.445 e. The van der Waals surface area contributed by atoms with Crippen molar-refractivity contribution in [1.82, 2.24) is 15.1 Å². The molecule has 2 atom stereocenters. The van der Waals surface area contributed by atoms with Gasteiger partial charge in [0.1, 0.15) is 19.3 Å². The van der Waals surface area contributed by atoms with Crippen LogP contribution >= 0.6 is 12.6 Å². The smallest absolute Gasteiger partial charge is 0.410 e. The summed E-state index contributed by atoms with van der Waals surface area (Å²) in [7, 11) is 0. The van der Waals surface area contributed by atoms with Crippen molar-refractivity contribution in [2.75, 3.05) is 19.6 Å². The van der Waals surface area contributed by atoms with Crippen molar-refractivity contribution in [2.24, 2.45) is 0 Å². The highest BCUT2D eigenvalue weighted by Crippen LogP contribution is 2.26. The normalized spacial score (nSPS) is 18.7. The number of amides is 3. The highest BCUT2D eigenvalue weighted by atomic mass is 32.1. The van der Waals surface area contributed by atoms with Crippen LogP contribution in [0.1, 0.15) is 17.5 Å². The Labute approximate surface area is 227 Å². The molecule has 2 aromatic rings. The van der Waals surface area contributed by atoms with Gasteiger partial charge in [0, 0.05) is 49.1 Å². The maximum absolute atomic E-state index is 13.1. The van der Waals surface area contributed by atoms with E-state index in [2.05, 4.69) is 17.9 Å². The molecule has 0 unspecified atom stereocenters. The van der Waals surface area contributed by atoms with E-state index in [9.17, 15) is 34.6 Å². The fraction of sp³-hybridized carbons (Fsp3) is 0.375. The highest BCUT2D eigenvalue weighted by Gasteiger charge is 2.44. The van der Waals surface area contributed by atoms with Crippen LogP contribution in [0.15, 0.2) is 48.5 Å². The lowest BCUT2D eigenvalue weighted by molar-refractivity contribution is -0.385. The van der Waals surface area contributed by atoms with Crippen LogP contribution in [-0.2, 0) is 27.5 Å². The van der Waals surface area contributed by atoms with Crippen molar-refractivity contribution in [1.29, 1.82) is 0 Å². The number of hydrogen-bond donors (Lipinski definition) is 2. The monoisotopic (exact) mass is 559 g/mol. The quantitative estimate of drug-likeness (QED) is 0.280. The summed E-state index contributed by atoms with van der Waals surface area (Å²) in [6.07, 6.45) is -1.02. The lowest BCUT2D eigenvalue weighted by Crippen LogP contribution is -2.64. The van der Waals surface area contributed by atoms with Crippen LogP contribution in [-0.4, -0.2) is 74.7 Å². The van der Waals surface area contributed by atoms with Crippen molar-refractivity contribution in [3.63, 3.8) is 0 Å². The number of nitrogens with one attached hydrogen (secondary N) is 1. The molecule has 14 nitrogen and oxygen atoms in total. The molecule has 2 aliphatic rings. The van der Waals surface area contributed by atoms with Gasteiger partial charge in [0.2, 0.25) is 5.91 Å². The van der Waals surface area contributed by atoms with Gasteiger partial charge in [-0.2, -0.15) is 12.6 Å². The molecule has 2 heterocycles. The SMILES string of the molecule is O=C(NC1CN(C(=O)[C@@H]2C[C@H](S)CN2C(=O)OCc2ccc([N+](=O)[O-])cc2)C1)OCc1ccc([N+](=O)[O-])cc1. The zero-order valence-corrected chi connectivity index (χ0v) is 21.4. The molecule has 0 saturated carbocycles. The fourth-order valence-corrected chi connectivity index (χ4v) is 4.60. The van der Waals surface area contributed by atoms with Crippen LogP contribution < -0.4 is 5.32 Å². The second kappa shape index (κ2) is 12.0. The number of nitro groups is 2. The molecule has 206 valence electrons. The molecule has 3 amide bonds. The first-order chi connectivity index (χ1) is 18.6. The minimum Gasteiger partial charge on any atom is -0.445 e. The highest BCUT2D eigenvalue weighted by molar-refractivity contribution is 7.81. The van der Waals surface area contributed by atoms with Crippen LogP contribution in [0, 0.1) is 20.2 Å². The minimum atomic E-state index is -0.758. The molecule has 2 aromatic carbocycles. The molecule has 0 bridgehead atoms. The number of ether oxygens (including phenoxy) is 2. The fourth-order valence-electron chi connectivity index (χ4n) is 4.22. The first-order valence-electron chi connectivity index (χ1n) is 11.9. The number of nitrogens with zero attached hydrogens (tertiary/aromatic N) is 4. The first-order valence-corrected chi connectivity index (χ1v) is 12.4. The molecule has 2 saturated heterocycles. The number of nitro benzene ring substituents is 2. The molecule has 2 aliphatic heterocycles. The second-order valence-corrected chi connectivity index (χ2v) is 9.85. The van der Waals surface area contributed by atoms with Crippen LogP contribution in [0.2, 0.25) is 0 Å². The number of benzene rings is 2. The van der Waals surface area contributed by atoms with E-state index >= 15 is 0 Å². The van der Waals surface area contributed by atoms with Gasteiger partial charge < -0.3 is 19.7 Å². The first kappa shape index (κ1) is 27.6. The van der Waals surface area contributed by atoms with Gasteiger partial charge in [-0.05, 0) is 41.8 Å². The number of carbonyl (C=O) groups excluding carboxylic acids is 3. The Kier molecular flexibility index (Phi) is 8.49. The average Bonchev–Trinajstić information content (AvgIpc) is 3.29. The summed E-state index contributed by atoms with van der Waals surface area (Å²) in [5.74, 6) is -0.281. The molecular weight excluding hydrogens is 534 g/mol. The van der Waals surface area contributed by atoms with Gasteiger partial charge in [-0.3, -0.25) is 29.9 Å². The van der Waals surface area contributed by atoms with E-state index in [0.29, 0.717) is 17.5 Å². The van der Waals surface area contributed by atoms with Gasteiger partial charge in [-0.15, -0.1) is 0 Å². The number of thiol groups is 1. The third-order valence-electron chi connectivity index (χ3n) is 6.34. The average molecular weight is 560 g/mol. The number of non-ortho nitro benzene ring substituents is 2. The summed E-state index contributed by atoms with van der Waals surface area (Å²) in [4.78, 5) is 61.2. The summed E-state index contributed by atoms with van der Waals surface area (Å²) in [6.45, 7) is 0.531.